The van der Waals surface area contributed by atoms with Crippen LogP contribution in [0.4, 0.5) is 15.8 Å². The van der Waals surface area contributed by atoms with Crippen LogP contribution >= 0.6 is 45.8 Å². The van der Waals surface area contributed by atoms with E-state index in [1.165, 1.54) is 6.07 Å². The molecule has 1 unspecified atom stereocenters. The summed E-state index contributed by atoms with van der Waals surface area (Å²) in [5, 5.41) is 12.5. The first kappa shape index (κ1) is 20.6. The fourth-order valence-electron chi connectivity index (χ4n) is 2.51. The molecule has 1 saturated carbocycles. The van der Waals surface area contributed by atoms with Crippen LogP contribution in [-0.2, 0) is 4.84 Å². The van der Waals surface area contributed by atoms with Crippen molar-refractivity contribution in [1.82, 2.24) is 5.48 Å². The van der Waals surface area contributed by atoms with Crippen molar-refractivity contribution in [3.8, 4) is 0 Å². The van der Waals surface area contributed by atoms with Gasteiger partial charge in [0, 0.05) is 3.57 Å². The van der Waals surface area contributed by atoms with E-state index in [0.29, 0.717) is 10.7 Å². The summed E-state index contributed by atoms with van der Waals surface area (Å²) in [6, 6.07) is 7.62. The van der Waals surface area contributed by atoms with Gasteiger partial charge in [0.05, 0.1) is 33.6 Å². The minimum absolute atomic E-state index is 0.0866. The van der Waals surface area contributed by atoms with Crippen LogP contribution < -0.4 is 10.8 Å². The lowest BCUT2D eigenvalue weighted by molar-refractivity contribution is -0.0496. The highest BCUT2D eigenvalue weighted by molar-refractivity contribution is 14.1. The maximum absolute atomic E-state index is 14.0. The molecule has 0 aliphatic heterocycles. The first-order chi connectivity index (χ1) is 12.9. The molecule has 3 rings (SSSR count). The number of hydroxylamine groups is 1. The molecule has 1 fully saturated rings. The van der Waals surface area contributed by atoms with Crippen molar-refractivity contribution in [2.45, 2.75) is 18.9 Å². The van der Waals surface area contributed by atoms with Crippen molar-refractivity contribution in [2.75, 3.05) is 11.9 Å². The van der Waals surface area contributed by atoms with Gasteiger partial charge in [-0.3, -0.25) is 9.63 Å². The number of hydrogen-bond donors (Lipinski definition) is 3. The zero-order valence-corrected chi connectivity index (χ0v) is 17.6. The van der Waals surface area contributed by atoms with E-state index in [4.69, 9.17) is 28.0 Å². The van der Waals surface area contributed by atoms with Gasteiger partial charge in [-0.05, 0) is 71.7 Å². The molecule has 5 nitrogen and oxygen atoms in total. The molecular weight excluding hydrogens is 509 g/mol. The van der Waals surface area contributed by atoms with Crippen LogP contribution in [0.15, 0.2) is 30.3 Å². The Morgan fingerprint density at radius 2 is 2.00 bits per heavy atom. The molecule has 0 spiro atoms. The third-order valence-electron chi connectivity index (χ3n) is 4.14. The lowest BCUT2D eigenvalue weighted by Crippen LogP contribution is -2.33. The van der Waals surface area contributed by atoms with E-state index < -0.39 is 17.8 Å². The summed E-state index contributed by atoms with van der Waals surface area (Å²) < 4.78 is 14.9. The molecular formula is C18H16Cl2FIN2O3. The third-order valence-corrected chi connectivity index (χ3v) is 5.41. The number of nitrogens with one attached hydrogen (secondary N) is 2. The van der Waals surface area contributed by atoms with Crippen LogP contribution in [0.3, 0.4) is 0 Å². The summed E-state index contributed by atoms with van der Waals surface area (Å²) in [5.41, 5.74) is 3.10. The number of aliphatic hydroxyl groups is 1. The molecule has 0 heterocycles. The minimum atomic E-state index is -0.676. The van der Waals surface area contributed by atoms with Gasteiger partial charge in [0.15, 0.2) is 0 Å². The number of halogens is 4. The predicted molar refractivity (Wildman–Crippen MR) is 111 cm³/mol. The molecule has 144 valence electrons. The smallest absolute Gasteiger partial charge is 0.277 e. The van der Waals surface area contributed by atoms with Gasteiger partial charge in [-0.25, -0.2) is 9.87 Å². The summed E-state index contributed by atoms with van der Waals surface area (Å²) in [6.45, 7) is -0.196. The van der Waals surface area contributed by atoms with Gasteiger partial charge in [-0.15, -0.1) is 0 Å². The average molecular weight is 525 g/mol. The molecule has 9 heteroatoms. The number of hydrogen-bond acceptors (Lipinski definition) is 4. The quantitative estimate of drug-likeness (QED) is 0.355. The molecule has 2 aromatic carbocycles. The van der Waals surface area contributed by atoms with E-state index in [-0.39, 0.29) is 28.8 Å². The predicted octanol–water partition coefficient (Wildman–Crippen LogP) is 4.91. The second kappa shape index (κ2) is 8.91. The molecule has 0 aromatic heterocycles. The molecule has 0 bridgehead atoms. The topological polar surface area (TPSA) is 70.6 Å². The van der Waals surface area contributed by atoms with E-state index in [1.807, 2.05) is 6.07 Å². The van der Waals surface area contributed by atoms with E-state index in [1.54, 1.807) is 12.1 Å². The molecule has 2 aromatic rings. The number of rotatable bonds is 7. The molecule has 1 amide bonds. The normalized spacial score (nSPS) is 14.7. The van der Waals surface area contributed by atoms with Gasteiger partial charge in [0.25, 0.3) is 5.91 Å². The van der Waals surface area contributed by atoms with E-state index in [2.05, 4.69) is 33.4 Å². The first-order valence-electron chi connectivity index (χ1n) is 8.17. The fourth-order valence-corrected chi connectivity index (χ4v) is 3.58. The number of amides is 1. The third kappa shape index (κ3) is 5.23. The van der Waals surface area contributed by atoms with E-state index in [0.717, 1.165) is 22.5 Å². The molecule has 0 radical (unpaired) electrons. The highest BCUT2D eigenvalue weighted by Gasteiger charge is 2.32. The summed E-state index contributed by atoms with van der Waals surface area (Å²) in [6.07, 6.45) is 1.43. The standard InChI is InChI=1S/C18H16Cl2FIN2O3/c19-12-6-11(18(26)24-27-17(8-25)9-1-2-9)16(7-14(12)21)23-15-4-3-10(22)5-13(15)20/h3-7,9,17,23,25H,1-2,8H2,(H,24,26). The van der Waals surface area contributed by atoms with Crippen LogP contribution in [-0.4, -0.2) is 23.7 Å². The van der Waals surface area contributed by atoms with Crippen LogP contribution in [0.25, 0.3) is 0 Å². The van der Waals surface area contributed by atoms with E-state index in [9.17, 15) is 14.3 Å². The summed E-state index contributed by atoms with van der Waals surface area (Å²) >= 11 is 14.2. The van der Waals surface area contributed by atoms with Crippen molar-refractivity contribution >= 4 is 63.1 Å². The van der Waals surface area contributed by atoms with Gasteiger partial charge in [0.2, 0.25) is 0 Å². The van der Waals surface area contributed by atoms with Crippen molar-refractivity contribution in [2.24, 2.45) is 5.92 Å². The van der Waals surface area contributed by atoms with Gasteiger partial charge in [-0.2, -0.15) is 0 Å². The Kier molecular flexibility index (Phi) is 6.80. The van der Waals surface area contributed by atoms with E-state index >= 15 is 0 Å². The largest absolute Gasteiger partial charge is 0.394 e. The van der Waals surface area contributed by atoms with Gasteiger partial charge >= 0.3 is 0 Å². The number of aliphatic hydroxyl groups excluding tert-OH is 1. The summed E-state index contributed by atoms with van der Waals surface area (Å²) in [5.74, 6) is -1.06. The zero-order chi connectivity index (χ0) is 19.6. The molecule has 1 atom stereocenters. The molecule has 0 saturated heterocycles. The van der Waals surface area contributed by atoms with Crippen LogP contribution in [0, 0.1) is 15.3 Å². The maximum atomic E-state index is 14.0. The van der Waals surface area contributed by atoms with Crippen LogP contribution in [0.5, 0.6) is 0 Å². The molecule has 3 N–H and O–H groups in total. The fraction of sp³-hybridized carbons (Fsp3) is 0.278. The molecule has 1 aliphatic rings. The Labute approximate surface area is 179 Å². The van der Waals surface area contributed by atoms with Crippen LogP contribution in [0.1, 0.15) is 23.2 Å². The van der Waals surface area contributed by atoms with Crippen molar-refractivity contribution in [3.05, 3.63) is 55.3 Å². The number of carbonyl (C=O) groups excluding carboxylic acids is 1. The zero-order valence-electron chi connectivity index (χ0n) is 13.9. The second-order valence-electron chi connectivity index (χ2n) is 6.17. The SMILES string of the molecule is O=C(NOC(CO)C1CC1)c1cc(Cl)c(F)cc1Nc1ccc(I)cc1Cl. The van der Waals surface area contributed by atoms with Gasteiger partial charge in [-0.1, -0.05) is 23.2 Å². The Bertz CT molecular complexity index is 865. The summed E-state index contributed by atoms with van der Waals surface area (Å²) in [4.78, 5) is 17.9. The number of carbonyl (C=O) groups is 1. The van der Waals surface area contributed by atoms with Crippen molar-refractivity contribution in [3.63, 3.8) is 0 Å². The van der Waals surface area contributed by atoms with Crippen LogP contribution in [0.2, 0.25) is 10.0 Å². The van der Waals surface area contributed by atoms with Gasteiger partial charge < -0.3 is 10.4 Å². The number of benzene rings is 2. The first-order valence-corrected chi connectivity index (χ1v) is 10.0. The van der Waals surface area contributed by atoms with Gasteiger partial charge in [0.1, 0.15) is 11.9 Å². The van der Waals surface area contributed by atoms with Crippen molar-refractivity contribution < 1.29 is 19.1 Å². The average Bonchev–Trinajstić information content (AvgIpc) is 3.45. The molecule has 1 aliphatic carbocycles. The van der Waals surface area contributed by atoms with Crippen molar-refractivity contribution in [1.29, 1.82) is 0 Å². The lowest BCUT2D eigenvalue weighted by atomic mass is 10.1. The lowest BCUT2D eigenvalue weighted by Gasteiger charge is -2.17. The Morgan fingerprint density at radius 1 is 1.26 bits per heavy atom. The Morgan fingerprint density at radius 3 is 2.63 bits per heavy atom. The second-order valence-corrected chi connectivity index (χ2v) is 8.23. The number of anilines is 2. The highest BCUT2D eigenvalue weighted by Crippen LogP contribution is 2.34. The Balaban J connectivity index is 1.82. The minimum Gasteiger partial charge on any atom is -0.394 e. The highest BCUT2D eigenvalue weighted by atomic mass is 127. The molecule has 27 heavy (non-hydrogen) atoms. The monoisotopic (exact) mass is 524 g/mol. The maximum Gasteiger partial charge on any atom is 0.277 e. The Hall–Kier alpha value is -1.13. The summed E-state index contributed by atoms with van der Waals surface area (Å²) in [7, 11) is 0.